The second-order valence-corrected chi connectivity index (χ2v) is 7.54. The molecular formula is C16H24OS2. The van der Waals surface area contributed by atoms with Crippen LogP contribution >= 0.6 is 23.1 Å². The van der Waals surface area contributed by atoms with Gasteiger partial charge in [0.1, 0.15) is 0 Å². The van der Waals surface area contributed by atoms with Crippen molar-refractivity contribution in [2.45, 2.75) is 64.0 Å². The molecule has 1 nitrogen and oxygen atoms in total. The largest absolute Gasteiger partial charge is 0.293 e. The van der Waals surface area contributed by atoms with Gasteiger partial charge in [0, 0.05) is 17.1 Å². The zero-order chi connectivity index (χ0) is 13.5. The van der Waals surface area contributed by atoms with E-state index in [1.54, 1.807) is 11.3 Å². The zero-order valence-corrected chi connectivity index (χ0v) is 13.5. The van der Waals surface area contributed by atoms with E-state index < -0.39 is 0 Å². The van der Waals surface area contributed by atoms with E-state index in [0.29, 0.717) is 5.78 Å². The Bertz CT molecular complexity index is 385. The smallest absolute Gasteiger partial charge is 0.172 e. The van der Waals surface area contributed by atoms with Gasteiger partial charge >= 0.3 is 0 Å². The van der Waals surface area contributed by atoms with Gasteiger partial charge in [-0.3, -0.25) is 4.79 Å². The number of unbranched alkanes of at least 4 members (excludes halogenated alkanes) is 5. The summed E-state index contributed by atoms with van der Waals surface area (Å²) in [6.07, 6.45) is 9.44. The van der Waals surface area contributed by atoms with Crippen molar-refractivity contribution in [2.24, 2.45) is 0 Å². The van der Waals surface area contributed by atoms with E-state index in [9.17, 15) is 4.79 Å². The molecule has 0 N–H and O–H groups in total. The first-order valence-corrected chi connectivity index (χ1v) is 9.51. The SMILES string of the molecule is CCCCCCCCC(=O)c1cc2c(s1)CCSC2. The predicted octanol–water partition coefficient (Wildman–Crippen LogP) is 5.47. The quantitative estimate of drug-likeness (QED) is 0.467. The van der Waals surface area contributed by atoms with Crippen molar-refractivity contribution in [1.29, 1.82) is 0 Å². The molecule has 0 radical (unpaired) electrons. The molecular weight excluding hydrogens is 272 g/mol. The van der Waals surface area contributed by atoms with Crippen molar-refractivity contribution < 1.29 is 4.79 Å². The van der Waals surface area contributed by atoms with Gasteiger partial charge in [-0.05, 0) is 30.2 Å². The van der Waals surface area contributed by atoms with E-state index in [2.05, 4.69) is 13.0 Å². The van der Waals surface area contributed by atoms with Gasteiger partial charge in [0.25, 0.3) is 0 Å². The van der Waals surface area contributed by atoms with Gasteiger partial charge in [-0.1, -0.05) is 39.0 Å². The monoisotopic (exact) mass is 296 g/mol. The average molecular weight is 297 g/mol. The molecule has 0 atom stereocenters. The van der Waals surface area contributed by atoms with Gasteiger partial charge in [0.15, 0.2) is 5.78 Å². The molecule has 0 amide bonds. The van der Waals surface area contributed by atoms with Gasteiger partial charge in [0.05, 0.1) is 4.88 Å². The molecule has 1 aromatic rings. The number of Topliss-reactive ketones (excluding diaryl/α,β-unsaturated/α-hetero) is 1. The number of fused-ring (bicyclic) bond motifs is 1. The minimum atomic E-state index is 0.375. The third-order valence-corrected chi connectivity index (χ3v) is 5.95. The maximum Gasteiger partial charge on any atom is 0.172 e. The van der Waals surface area contributed by atoms with Crippen molar-refractivity contribution in [3.63, 3.8) is 0 Å². The molecule has 0 aromatic carbocycles. The summed E-state index contributed by atoms with van der Waals surface area (Å²) in [6.45, 7) is 2.24. The number of rotatable bonds is 8. The van der Waals surface area contributed by atoms with E-state index in [-0.39, 0.29) is 0 Å². The van der Waals surface area contributed by atoms with Crippen LogP contribution in [0.1, 0.15) is 72.0 Å². The first-order chi connectivity index (χ1) is 9.31. The van der Waals surface area contributed by atoms with Crippen LogP contribution < -0.4 is 0 Å². The van der Waals surface area contributed by atoms with Crippen molar-refractivity contribution >= 4 is 28.9 Å². The standard InChI is InChI=1S/C16H24OS2/c1-2-3-4-5-6-7-8-14(17)16-11-13-12-18-10-9-15(13)19-16/h11H,2-10,12H2,1H3. The highest BCUT2D eigenvalue weighted by Crippen LogP contribution is 2.32. The van der Waals surface area contributed by atoms with E-state index in [4.69, 9.17) is 0 Å². The molecule has 0 saturated heterocycles. The lowest BCUT2D eigenvalue weighted by molar-refractivity contribution is 0.0983. The van der Waals surface area contributed by atoms with Gasteiger partial charge in [-0.25, -0.2) is 0 Å². The summed E-state index contributed by atoms with van der Waals surface area (Å²) >= 11 is 3.74. The molecule has 0 unspecified atom stereocenters. The second kappa shape index (κ2) is 8.11. The highest BCUT2D eigenvalue weighted by Gasteiger charge is 2.16. The van der Waals surface area contributed by atoms with E-state index in [1.807, 2.05) is 11.8 Å². The lowest BCUT2D eigenvalue weighted by Gasteiger charge is -2.08. The topological polar surface area (TPSA) is 17.1 Å². The first-order valence-electron chi connectivity index (χ1n) is 7.53. The Hall–Kier alpha value is -0.280. The minimum Gasteiger partial charge on any atom is -0.293 e. The van der Waals surface area contributed by atoms with Crippen molar-refractivity contribution in [1.82, 2.24) is 0 Å². The Morgan fingerprint density at radius 1 is 1.21 bits per heavy atom. The Balaban J connectivity index is 1.72. The van der Waals surface area contributed by atoms with E-state index in [0.717, 1.165) is 29.9 Å². The number of thiophene rings is 1. The molecule has 0 bridgehead atoms. The van der Waals surface area contributed by atoms with Crippen molar-refractivity contribution in [3.05, 3.63) is 21.4 Å². The Kier molecular flexibility index (Phi) is 6.45. The molecule has 0 aliphatic carbocycles. The van der Waals surface area contributed by atoms with Crippen LogP contribution in [0, 0.1) is 0 Å². The predicted molar refractivity (Wildman–Crippen MR) is 86.5 cm³/mol. The summed E-state index contributed by atoms with van der Waals surface area (Å²) in [5.74, 6) is 2.70. The van der Waals surface area contributed by atoms with Gasteiger partial charge in [0.2, 0.25) is 0 Å². The van der Waals surface area contributed by atoms with E-state index >= 15 is 0 Å². The molecule has 3 heteroatoms. The molecule has 1 aliphatic heterocycles. The fourth-order valence-electron chi connectivity index (χ4n) is 2.47. The van der Waals surface area contributed by atoms with Crippen molar-refractivity contribution in [3.8, 4) is 0 Å². The molecule has 0 fully saturated rings. The lowest BCUT2D eigenvalue weighted by Crippen LogP contribution is -1.96. The van der Waals surface area contributed by atoms with Crippen LogP contribution in [0.25, 0.3) is 0 Å². The maximum atomic E-state index is 12.2. The lowest BCUT2D eigenvalue weighted by atomic mass is 10.1. The average Bonchev–Trinajstić information content (AvgIpc) is 2.86. The molecule has 19 heavy (non-hydrogen) atoms. The van der Waals surface area contributed by atoms with Crippen LogP contribution in [0.5, 0.6) is 0 Å². The fourth-order valence-corrected chi connectivity index (χ4v) is 4.81. The number of ketones is 1. The summed E-state index contributed by atoms with van der Waals surface area (Å²) in [7, 11) is 0. The molecule has 1 aliphatic rings. The Morgan fingerprint density at radius 3 is 2.79 bits per heavy atom. The summed E-state index contributed by atoms with van der Waals surface area (Å²) in [4.78, 5) is 14.6. The molecule has 0 saturated carbocycles. The molecule has 2 heterocycles. The van der Waals surface area contributed by atoms with Crippen LogP contribution in [-0.4, -0.2) is 11.5 Å². The second-order valence-electron chi connectivity index (χ2n) is 5.30. The van der Waals surface area contributed by atoms with Gasteiger partial charge < -0.3 is 0 Å². The van der Waals surface area contributed by atoms with Crippen LogP contribution in [0.4, 0.5) is 0 Å². The number of carbonyl (C=O) groups excluding carboxylic acids is 1. The Morgan fingerprint density at radius 2 is 2.00 bits per heavy atom. The third-order valence-electron chi connectivity index (χ3n) is 3.66. The van der Waals surface area contributed by atoms with Crippen LogP contribution in [-0.2, 0) is 12.2 Å². The van der Waals surface area contributed by atoms with Crippen LogP contribution in [0.2, 0.25) is 0 Å². The van der Waals surface area contributed by atoms with Crippen LogP contribution in [0.15, 0.2) is 6.07 Å². The molecule has 1 aromatic heterocycles. The fraction of sp³-hybridized carbons (Fsp3) is 0.688. The number of aryl methyl sites for hydroxylation is 1. The summed E-state index contributed by atoms with van der Waals surface area (Å²) < 4.78 is 0. The Labute approximate surface area is 125 Å². The first kappa shape index (κ1) is 15.1. The maximum absolute atomic E-state index is 12.2. The van der Waals surface area contributed by atoms with Gasteiger partial charge in [-0.15, -0.1) is 11.3 Å². The highest BCUT2D eigenvalue weighted by molar-refractivity contribution is 7.98. The van der Waals surface area contributed by atoms with E-state index in [1.165, 1.54) is 48.3 Å². The number of hydrogen-bond donors (Lipinski definition) is 0. The minimum absolute atomic E-state index is 0.375. The van der Waals surface area contributed by atoms with Crippen LogP contribution in [0.3, 0.4) is 0 Å². The summed E-state index contributed by atoms with van der Waals surface area (Å²) in [5.41, 5.74) is 1.42. The summed E-state index contributed by atoms with van der Waals surface area (Å²) in [5, 5.41) is 0. The molecule has 0 spiro atoms. The highest BCUT2D eigenvalue weighted by atomic mass is 32.2. The third kappa shape index (κ3) is 4.64. The summed E-state index contributed by atoms with van der Waals surface area (Å²) in [6, 6.07) is 2.16. The van der Waals surface area contributed by atoms with Gasteiger partial charge in [-0.2, -0.15) is 11.8 Å². The number of hydrogen-bond acceptors (Lipinski definition) is 3. The normalized spacial score (nSPS) is 14.4. The molecule has 106 valence electrons. The zero-order valence-electron chi connectivity index (χ0n) is 11.9. The molecule has 2 rings (SSSR count). The number of thioether (sulfide) groups is 1. The van der Waals surface area contributed by atoms with Crippen molar-refractivity contribution in [2.75, 3.05) is 5.75 Å². The number of carbonyl (C=O) groups is 1.